The highest BCUT2D eigenvalue weighted by Gasteiger charge is 2.23. The van der Waals surface area contributed by atoms with Crippen LogP contribution in [0.3, 0.4) is 0 Å². The predicted octanol–water partition coefficient (Wildman–Crippen LogP) is 5.19. The van der Waals surface area contributed by atoms with Crippen molar-refractivity contribution in [2.24, 2.45) is 5.92 Å². The van der Waals surface area contributed by atoms with E-state index < -0.39 is 6.10 Å². The summed E-state index contributed by atoms with van der Waals surface area (Å²) in [6.07, 6.45) is 4.27. The SMILES string of the molecule is C=C/C=C1/Cc2cccc(c2O)Cc2cccc(c2O)Cc2cccc(c2O)CC(C)C1O. The first-order valence-corrected chi connectivity index (χ1v) is 11.3. The molecule has 3 aromatic carbocycles. The Morgan fingerprint density at radius 1 is 0.697 bits per heavy atom. The van der Waals surface area contributed by atoms with E-state index in [1.165, 1.54) is 0 Å². The van der Waals surface area contributed by atoms with E-state index in [2.05, 4.69) is 6.58 Å². The van der Waals surface area contributed by atoms with Gasteiger partial charge in [0.15, 0.2) is 0 Å². The van der Waals surface area contributed by atoms with Gasteiger partial charge in [0.1, 0.15) is 17.2 Å². The summed E-state index contributed by atoms with van der Waals surface area (Å²) < 4.78 is 0. The molecule has 0 aromatic heterocycles. The van der Waals surface area contributed by atoms with Crippen LogP contribution >= 0.6 is 0 Å². The van der Waals surface area contributed by atoms with Crippen LogP contribution in [0.15, 0.2) is 78.9 Å². The first-order valence-electron chi connectivity index (χ1n) is 11.3. The summed E-state index contributed by atoms with van der Waals surface area (Å²) in [5, 5.41) is 44.1. The Bertz CT molecular complexity index is 1210. The molecule has 0 heterocycles. The van der Waals surface area contributed by atoms with E-state index in [-0.39, 0.29) is 23.2 Å². The lowest BCUT2D eigenvalue weighted by molar-refractivity contribution is 0.148. The Labute approximate surface area is 194 Å². The number of benzene rings is 3. The zero-order valence-corrected chi connectivity index (χ0v) is 18.8. The molecule has 4 heteroatoms. The standard InChI is InChI=1S/C29H30O4/c1-3-7-19-15-21-10-5-11-24(28(21)32)17-25-13-6-12-23(29(25)33)16-22-9-4-8-20(27(22)31)14-18(2)26(19)30/h3-13,18,26,30-33H,1,14-17H2,2H3/b19-7-. The first-order chi connectivity index (χ1) is 15.9. The minimum Gasteiger partial charge on any atom is -0.507 e. The summed E-state index contributed by atoms with van der Waals surface area (Å²) >= 11 is 0. The van der Waals surface area contributed by atoms with Gasteiger partial charge in [-0.05, 0) is 57.7 Å². The highest BCUT2D eigenvalue weighted by atomic mass is 16.3. The molecule has 0 amide bonds. The molecule has 4 rings (SSSR count). The normalized spacial score (nSPS) is 19.9. The molecule has 1 aliphatic carbocycles. The van der Waals surface area contributed by atoms with Crippen molar-refractivity contribution < 1.29 is 20.4 Å². The Balaban J connectivity index is 1.87. The average molecular weight is 443 g/mol. The fraction of sp³-hybridized carbons (Fsp3) is 0.241. The number of phenolic OH excluding ortho intramolecular Hbond substituents is 3. The first kappa shape index (κ1) is 22.7. The van der Waals surface area contributed by atoms with Crippen molar-refractivity contribution in [2.75, 3.05) is 0 Å². The lowest BCUT2D eigenvalue weighted by atomic mass is 9.86. The summed E-state index contributed by atoms with van der Waals surface area (Å²) in [5.41, 5.74) is 5.06. The number of rotatable bonds is 1. The monoisotopic (exact) mass is 442 g/mol. The smallest absolute Gasteiger partial charge is 0.122 e. The van der Waals surface area contributed by atoms with Crippen LogP contribution in [0.2, 0.25) is 0 Å². The van der Waals surface area contributed by atoms with E-state index in [0.717, 1.165) is 16.7 Å². The third-order valence-corrected chi connectivity index (χ3v) is 6.56. The number of allylic oxidation sites excluding steroid dienone is 2. The molecule has 33 heavy (non-hydrogen) atoms. The van der Waals surface area contributed by atoms with Crippen LogP contribution in [0.4, 0.5) is 0 Å². The molecule has 2 atom stereocenters. The lowest BCUT2D eigenvalue weighted by Gasteiger charge is -2.24. The van der Waals surface area contributed by atoms with Gasteiger partial charge in [0.25, 0.3) is 0 Å². The van der Waals surface area contributed by atoms with E-state index >= 15 is 0 Å². The maximum atomic E-state index is 11.2. The molecule has 0 saturated heterocycles. The van der Waals surface area contributed by atoms with Crippen LogP contribution < -0.4 is 0 Å². The lowest BCUT2D eigenvalue weighted by Crippen LogP contribution is -2.23. The van der Waals surface area contributed by atoms with Crippen LogP contribution in [0.1, 0.15) is 40.3 Å². The van der Waals surface area contributed by atoms with E-state index in [1.807, 2.05) is 61.5 Å². The van der Waals surface area contributed by atoms with Crippen molar-refractivity contribution in [3.05, 3.63) is 112 Å². The molecule has 6 bridgehead atoms. The Kier molecular flexibility index (Phi) is 6.57. The molecule has 0 saturated carbocycles. The number of aliphatic hydroxyl groups is 1. The summed E-state index contributed by atoms with van der Waals surface area (Å²) in [6.45, 7) is 5.73. The second-order valence-corrected chi connectivity index (χ2v) is 8.91. The third kappa shape index (κ3) is 4.67. The van der Waals surface area contributed by atoms with Crippen molar-refractivity contribution in [2.45, 2.75) is 38.7 Å². The van der Waals surface area contributed by atoms with E-state index in [0.29, 0.717) is 47.9 Å². The number of para-hydroxylation sites is 3. The van der Waals surface area contributed by atoms with Gasteiger partial charge in [-0.15, -0.1) is 0 Å². The summed E-state index contributed by atoms with van der Waals surface area (Å²) in [6, 6.07) is 16.8. The number of aromatic hydroxyl groups is 3. The third-order valence-electron chi connectivity index (χ3n) is 6.56. The molecule has 3 aromatic rings. The maximum Gasteiger partial charge on any atom is 0.122 e. The van der Waals surface area contributed by atoms with Crippen molar-refractivity contribution in [1.82, 2.24) is 0 Å². The quantitative estimate of drug-likeness (QED) is 0.418. The number of aliphatic hydroxyl groups excluding tert-OH is 1. The van der Waals surface area contributed by atoms with E-state index in [9.17, 15) is 20.4 Å². The molecule has 170 valence electrons. The molecular weight excluding hydrogens is 412 g/mol. The fourth-order valence-corrected chi connectivity index (χ4v) is 4.68. The second kappa shape index (κ2) is 9.55. The zero-order valence-electron chi connectivity index (χ0n) is 18.8. The van der Waals surface area contributed by atoms with Gasteiger partial charge in [-0.3, -0.25) is 0 Å². The Hall–Kier alpha value is -3.50. The van der Waals surface area contributed by atoms with Crippen LogP contribution in [0, 0.1) is 5.92 Å². The van der Waals surface area contributed by atoms with Crippen LogP contribution in [-0.2, 0) is 25.7 Å². The van der Waals surface area contributed by atoms with E-state index in [4.69, 9.17) is 0 Å². The van der Waals surface area contributed by atoms with Crippen molar-refractivity contribution in [3.63, 3.8) is 0 Å². The number of hydrogen-bond acceptors (Lipinski definition) is 4. The highest BCUT2D eigenvalue weighted by Crippen LogP contribution is 2.35. The van der Waals surface area contributed by atoms with Crippen molar-refractivity contribution >= 4 is 0 Å². The number of hydrogen-bond donors (Lipinski definition) is 4. The van der Waals surface area contributed by atoms with Gasteiger partial charge >= 0.3 is 0 Å². The highest BCUT2D eigenvalue weighted by molar-refractivity contribution is 5.51. The molecule has 4 nitrogen and oxygen atoms in total. The number of fused-ring (bicyclic) bond motifs is 6. The van der Waals surface area contributed by atoms with Gasteiger partial charge in [-0.1, -0.05) is 80.3 Å². The molecule has 0 radical (unpaired) electrons. The Morgan fingerprint density at radius 2 is 1.09 bits per heavy atom. The Morgan fingerprint density at radius 3 is 1.55 bits per heavy atom. The van der Waals surface area contributed by atoms with Crippen LogP contribution in [0.5, 0.6) is 17.2 Å². The fourth-order valence-electron chi connectivity index (χ4n) is 4.68. The molecule has 0 fully saturated rings. The molecular formula is C29H30O4. The van der Waals surface area contributed by atoms with Crippen LogP contribution in [0.25, 0.3) is 0 Å². The summed E-state index contributed by atoms with van der Waals surface area (Å²) in [7, 11) is 0. The summed E-state index contributed by atoms with van der Waals surface area (Å²) in [5.74, 6) is 0.375. The maximum absolute atomic E-state index is 11.2. The molecule has 0 aliphatic heterocycles. The number of phenols is 3. The molecule has 4 N–H and O–H groups in total. The average Bonchev–Trinajstić information content (AvgIpc) is 2.80. The van der Waals surface area contributed by atoms with Gasteiger partial charge in [0, 0.05) is 12.8 Å². The van der Waals surface area contributed by atoms with Gasteiger partial charge in [0.05, 0.1) is 6.10 Å². The predicted molar refractivity (Wildman–Crippen MR) is 131 cm³/mol. The van der Waals surface area contributed by atoms with Gasteiger partial charge < -0.3 is 20.4 Å². The largest absolute Gasteiger partial charge is 0.507 e. The van der Waals surface area contributed by atoms with Crippen LogP contribution in [-0.4, -0.2) is 26.5 Å². The zero-order chi connectivity index (χ0) is 23.5. The molecule has 1 aliphatic rings. The minimum absolute atomic E-state index is 0.173. The van der Waals surface area contributed by atoms with Crippen molar-refractivity contribution in [1.29, 1.82) is 0 Å². The van der Waals surface area contributed by atoms with Gasteiger partial charge in [0.2, 0.25) is 0 Å². The minimum atomic E-state index is -0.765. The van der Waals surface area contributed by atoms with E-state index in [1.54, 1.807) is 12.2 Å². The molecule has 0 spiro atoms. The summed E-state index contributed by atoms with van der Waals surface area (Å²) in [4.78, 5) is 0. The second-order valence-electron chi connectivity index (χ2n) is 8.91. The van der Waals surface area contributed by atoms with Crippen molar-refractivity contribution in [3.8, 4) is 17.2 Å². The topological polar surface area (TPSA) is 80.9 Å². The molecule has 2 unspecified atom stereocenters. The van der Waals surface area contributed by atoms with Gasteiger partial charge in [-0.2, -0.15) is 0 Å². The van der Waals surface area contributed by atoms with Gasteiger partial charge in [-0.25, -0.2) is 0 Å².